The molecule has 4 heteroatoms. The fourth-order valence-corrected chi connectivity index (χ4v) is 1.32. The zero-order valence-electron chi connectivity index (χ0n) is 7.31. The van der Waals surface area contributed by atoms with Crippen LogP contribution in [0.3, 0.4) is 0 Å². The molecule has 0 aliphatic carbocycles. The lowest BCUT2D eigenvalue weighted by molar-refractivity contribution is 0.769. The van der Waals surface area contributed by atoms with Gasteiger partial charge in [0.15, 0.2) is 0 Å². The lowest BCUT2D eigenvalue weighted by atomic mass is 10.0. The highest BCUT2D eigenvalue weighted by Crippen LogP contribution is 2.18. The van der Waals surface area contributed by atoms with Crippen molar-refractivity contribution in [2.45, 2.75) is 12.8 Å². The van der Waals surface area contributed by atoms with E-state index < -0.39 is 0 Å². The summed E-state index contributed by atoms with van der Waals surface area (Å²) in [6.45, 7) is 2.55. The van der Waals surface area contributed by atoms with Crippen LogP contribution in [0.15, 0.2) is 33.9 Å². The Morgan fingerprint density at radius 1 is 1.46 bits per heavy atom. The molecule has 1 aromatic rings. The van der Waals surface area contributed by atoms with Crippen molar-refractivity contribution in [3.05, 3.63) is 44.7 Å². The Bertz CT molecular complexity index is 314. The maximum atomic E-state index is 8.16. The molecule has 0 heterocycles. The average molecular weight is 240 g/mol. The summed E-state index contributed by atoms with van der Waals surface area (Å²) < 4.78 is 1.06. The van der Waals surface area contributed by atoms with Gasteiger partial charge in [0.05, 0.1) is 0 Å². The number of azide groups is 1. The van der Waals surface area contributed by atoms with E-state index in [0.717, 1.165) is 4.47 Å². The molecule has 1 aromatic carbocycles. The fourth-order valence-electron chi connectivity index (χ4n) is 1.06. The second-order valence-electron chi connectivity index (χ2n) is 2.87. The number of hydrogen-bond acceptors (Lipinski definition) is 1. The van der Waals surface area contributed by atoms with Crippen LogP contribution < -0.4 is 0 Å². The predicted octanol–water partition coefficient (Wildman–Crippen LogP) is 3.86. The van der Waals surface area contributed by atoms with Gasteiger partial charge in [0.25, 0.3) is 0 Å². The number of halogens is 1. The van der Waals surface area contributed by atoms with Gasteiger partial charge in [0.1, 0.15) is 0 Å². The van der Waals surface area contributed by atoms with Crippen molar-refractivity contribution in [1.82, 2.24) is 0 Å². The molecule has 13 heavy (non-hydrogen) atoms. The van der Waals surface area contributed by atoms with E-state index >= 15 is 0 Å². The molecular formula is C9H10BrN3. The van der Waals surface area contributed by atoms with Gasteiger partial charge in [-0.3, -0.25) is 0 Å². The van der Waals surface area contributed by atoms with Crippen LogP contribution in [0.25, 0.3) is 10.4 Å². The smallest absolute Gasteiger partial charge is 0.0324 e. The molecule has 0 aliphatic heterocycles. The highest BCUT2D eigenvalue weighted by molar-refractivity contribution is 9.10. The maximum absolute atomic E-state index is 8.16. The Morgan fingerprint density at radius 3 is 2.62 bits per heavy atom. The first-order valence-electron chi connectivity index (χ1n) is 4.00. The van der Waals surface area contributed by atoms with Crippen molar-refractivity contribution in [2.75, 3.05) is 6.54 Å². The summed E-state index contributed by atoms with van der Waals surface area (Å²) in [5, 5.41) is 3.54. The van der Waals surface area contributed by atoms with Crippen LogP contribution in [-0.2, 0) is 0 Å². The van der Waals surface area contributed by atoms with Gasteiger partial charge in [0.2, 0.25) is 0 Å². The normalized spacial score (nSPS) is 11.8. The van der Waals surface area contributed by atoms with Gasteiger partial charge in [-0.1, -0.05) is 40.1 Å². The van der Waals surface area contributed by atoms with Gasteiger partial charge in [0, 0.05) is 15.9 Å². The zero-order chi connectivity index (χ0) is 9.68. The third kappa shape index (κ3) is 3.09. The maximum Gasteiger partial charge on any atom is 0.0324 e. The van der Waals surface area contributed by atoms with Crippen molar-refractivity contribution in [3.63, 3.8) is 0 Å². The van der Waals surface area contributed by atoms with Gasteiger partial charge in [-0.15, -0.1) is 0 Å². The molecule has 1 atom stereocenters. The lowest BCUT2D eigenvalue weighted by Gasteiger charge is -2.07. The number of benzene rings is 1. The molecule has 0 aliphatic rings. The van der Waals surface area contributed by atoms with Crippen LogP contribution >= 0.6 is 15.9 Å². The standard InChI is InChI=1S/C9H10BrN3/c1-7(6-12-13-11)8-2-4-9(10)5-3-8/h2-5,7H,6H2,1H3/t7-/m1/s1. The van der Waals surface area contributed by atoms with Crippen LogP contribution in [0.4, 0.5) is 0 Å². The average Bonchev–Trinajstić information content (AvgIpc) is 2.15. The molecule has 0 spiro atoms. The molecule has 3 nitrogen and oxygen atoms in total. The van der Waals surface area contributed by atoms with E-state index in [0.29, 0.717) is 6.54 Å². The Hall–Kier alpha value is -0.990. The molecule has 1 rings (SSSR count). The van der Waals surface area contributed by atoms with Crippen molar-refractivity contribution >= 4 is 15.9 Å². The van der Waals surface area contributed by atoms with E-state index in [1.54, 1.807) is 0 Å². The Labute approximate surface area is 85.5 Å². The second-order valence-corrected chi connectivity index (χ2v) is 3.78. The number of rotatable bonds is 3. The number of hydrogen-bond donors (Lipinski definition) is 0. The molecule has 0 amide bonds. The predicted molar refractivity (Wildman–Crippen MR) is 56.6 cm³/mol. The van der Waals surface area contributed by atoms with Gasteiger partial charge < -0.3 is 0 Å². The molecule has 0 fully saturated rings. The summed E-state index contributed by atoms with van der Waals surface area (Å²) in [7, 11) is 0. The highest BCUT2D eigenvalue weighted by atomic mass is 79.9. The van der Waals surface area contributed by atoms with E-state index in [4.69, 9.17) is 5.53 Å². The summed E-state index contributed by atoms with van der Waals surface area (Å²) in [6, 6.07) is 8.03. The minimum atomic E-state index is 0.281. The van der Waals surface area contributed by atoms with E-state index in [-0.39, 0.29) is 5.92 Å². The Balaban J connectivity index is 2.71. The first-order chi connectivity index (χ1) is 6.24. The SMILES string of the molecule is C[C@H](CN=[N+]=[N-])c1ccc(Br)cc1. The summed E-state index contributed by atoms with van der Waals surface area (Å²) >= 11 is 3.37. The van der Waals surface area contributed by atoms with Crippen LogP contribution in [0.5, 0.6) is 0 Å². The monoisotopic (exact) mass is 239 g/mol. The van der Waals surface area contributed by atoms with Crippen LogP contribution in [0.2, 0.25) is 0 Å². The van der Waals surface area contributed by atoms with Crippen molar-refractivity contribution in [1.29, 1.82) is 0 Å². The molecule has 0 N–H and O–H groups in total. The van der Waals surface area contributed by atoms with E-state index in [9.17, 15) is 0 Å². The molecule has 68 valence electrons. The number of nitrogens with zero attached hydrogens (tertiary/aromatic N) is 3. The van der Waals surface area contributed by atoms with Gasteiger partial charge in [-0.2, -0.15) is 0 Å². The summed E-state index contributed by atoms with van der Waals surface area (Å²) in [5.74, 6) is 0.281. The summed E-state index contributed by atoms with van der Waals surface area (Å²) in [4.78, 5) is 2.73. The van der Waals surface area contributed by atoms with Crippen molar-refractivity contribution in [3.8, 4) is 0 Å². The molecular weight excluding hydrogens is 230 g/mol. The Morgan fingerprint density at radius 2 is 2.08 bits per heavy atom. The quantitative estimate of drug-likeness (QED) is 0.437. The molecule has 0 unspecified atom stereocenters. The fraction of sp³-hybridized carbons (Fsp3) is 0.333. The summed E-state index contributed by atoms with van der Waals surface area (Å²) in [6.07, 6.45) is 0. The third-order valence-electron chi connectivity index (χ3n) is 1.86. The van der Waals surface area contributed by atoms with Crippen molar-refractivity contribution < 1.29 is 0 Å². The van der Waals surface area contributed by atoms with Crippen molar-refractivity contribution in [2.24, 2.45) is 5.11 Å². The van der Waals surface area contributed by atoms with Gasteiger partial charge >= 0.3 is 0 Å². The molecule has 0 bridgehead atoms. The minimum absolute atomic E-state index is 0.281. The third-order valence-corrected chi connectivity index (χ3v) is 2.39. The Kier molecular flexibility index (Phi) is 3.80. The first-order valence-corrected chi connectivity index (χ1v) is 4.79. The van der Waals surface area contributed by atoms with E-state index in [2.05, 4.69) is 26.0 Å². The van der Waals surface area contributed by atoms with Gasteiger partial charge in [-0.05, 0) is 29.1 Å². The highest BCUT2D eigenvalue weighted by Gasteiger charge is 2.02. The van der Waals surface area contributed by atoms with Crippen LogP contribution in [-0.4, -0.2) is 6.54 Å². The summed E-state index contributed by atoms with van der Waals surface area (Å²) in [5.41, 5.74) is 9.35. The zero-order valence-corrected chi connectivity index (χ0v) is 8.90. The minimum Gasteiger partial charge on any atom is -0.0934 e. The van der Waals surface area contributed by atoms with E-state index in [1.165, 1.54) is 5.56 Å². The second kappa shape index (κ2) is 4.90. The van der Waals surface area contributed by atoms with Crippen LogP contribution in [0.1, 0.15) is 18.4 Å². The lowest BCUT2D eigenvalue weighted by Crippen LogP contribution is -1.96. The largest absolute Gasteiger partial charge is 0.0934 e. The molecule has 0 saturated carbocycles. The van der Waals surface area contributed by atoms with Crippen LogP contribution in [0, 0.1) is 0 Å². The molecule has 0 aromatic heterocycles. The molecule has 0 radical (unpaired) electrons. The molecule has 0 saturated heterocycles. The van der Waals surface area contributed by atoms with Gasteiger partial charge in [-0.25, -0.2) is 0 Å². The topological polar surface area (TPSA) is 48.8 Å². The van der Waals surface area contributed by atoms with E-state index in [1.807, 2.05) is 31.2 Å². The first kappa shape index (κ1) is 10.1.